The molecule has 35 heavy (non-hydrogen) atoms. The van der Waals surface area contributed by atoms with Crippen LogP contribution in [0, 0.1) is 12.7 Å². The Balaban J connectivity index is 1.74. The number of carbonyl (C=O) groups is 1. The molecule has 0 spiro atoms. The number of anilines is 1. The molecular formula is C26H25FN4O4. The molecule has 0 aliphatic rings. The smallest absolute Gasteiger partial charge is 0.281 e. The van der Waals surface area contributed by atoms with E-state index in [1.807, 2.05) is 31.2 Å². The van der Waals surface area contributed by atoms with Gasteiger partial charge in [-0.05, 0) is 36.8 Å². The first-order valence-electron chi connectivity index (χ1n) is 10.8. The Morgan fingerprint density at radius 3 is 2.14 bits per heavy atom. The summed E-state index contributed by atoms with van der Waals surface area (Å²) in [6, 6.07) is 16.9. The van der Waals surface area contributed by atoms with Gasteiger partial charge in [0.05, 0.1) is 21.3 Å². The maximum atomic E-state index is 13.6. The molecule has 0 fully saturated rings. The number of carbonyl (C=O) groups excluding carboxylic acids is 1. The van der Waals surface area contributed by atoms with E-state index in [2.05, 4.69) is 15.4 Å². The second kappa shape index (κ2) is 10.3. The van der Waals surface area contributed by atoms with Gasteiger partial charge in [-0.1, -0.05) is 42.0 Å². The van der Waals surface area contributed by atoms with Crippen molar-refractivity contribution in [2.75, 3.05) is 26.6 Å². The Hall–Kier alpha value is -4.40. The van der Waals surface area contributed by atoms with E-state index in [1.54, 1.807) is 24.3 Å². The third-order valence-corrected chi connectivity index (χ3v) is 5.38. The average Bonchev–Trinajstić information content (AvgIpc) is 3.31. The minimum atomic E-state index is -0.447. The lowest BCUT2D eigenvalue weighted by atomic mass is 10.1. The van der Waals surface area contributed by atoms with E-state index in [0.717, 1.165) is 16.7 Å². The van der Waals surface area contributed by atoms with Crippen molar-refractivity contribution in [1.82, 2.24) is 14.8 Å². The van der Waals surface area contributed by atoms with Gasteiger partial charge < -0.3 is 19.5 Å². The largest absolute Gasteiger partial charge is 0.493 e. The fourth-order valence-electron chi connectivity index (χ4n) is 3.50. The number of nitrogens with one attached hydrogen (secondary N) is 1. The summed E-state index contributed by atoms with van der Waals surface area (Å²) in [5, 5.41) is 7.63. The molecule has 0 amide bonds. The summed E-state index contributed by atoms with van der Waals surface area (Å²) in [6.07, 6.45) is 0. The van der Waals surface area contributed by atoms with Crippen LogP contribution in [0.3, 0.4) is 0 Å². The molecule has 0 saturated heterocycles. The van der Waals surface area contributed by atoms with E-state index in [0.29, 0.717) is 29.6 Å². The van der Waals surface area contributed by atoms with Gasteiger partial charge >= 0.3 is 0 Å². The number of benzene rings is 3. The fraction of sp³-hybridized carbons (Fsp3) is 0.192. The average molecular weight is 477 g/mol. The lowest BCUT2D eigenvalue weighted by Gasteiger charge is -2.14. The van der Waals surface area contributed by atoms with Gasteiger partial charge in [0.2, 0.25) is 11.7 Å². The Bertz CT molecular complexity index is 1310. The van der Waals surface area contributed by atoms with Gasteiger partial charge in [0.1, 0.15) is 5.82 Å². The van der Waals surface area contributed by atoms with Crippen molar-refractivity contribution in [2.45, 2.75) is 13.5 Å². The second-order valence-corrected chi connectivity index (χ2v) is 7.74. The molecule has 0 radical (unpaired) electrons. The third kappa shape index (κ3) is 5.08. The van der Waals surface area contributed by atoms with Gasteiger partial charge in [0.25, 0.3) is 5.91 Å². The molecule has 1 N–H and O–H groups in total. The Kier molecular flexibility index (Phi) is 6.96. The summed E-state index contributed by atoms with van der Waals surface area (Å²) in [6.45, 7) is 2.30. The number of aromatic nitrogens is 3. The first kappa shape index (κ1) is 23.7. The van der Waals surface area contributed by atoms with E-state index in [9.17, 15) is 9.18 Å². The molecule has 0 unspecified atom stereocenters. The van der Waals surface area contributed by atoms with Crippen LogP contribution in [0.2, 0.25) is 0 Å². The van der Waals surface area contributed by atoms with E-state index in [-0.39, 0.29) is 17.3 Å². The normalized spacial score (nSPS) is 10.7. The second-order valence-electron chi connectivity index (χ2n) is 7.74. The summed E-state index contributed by atoms with van der Waals surface area (Å²) in [7, 11) is 4.45. The lowest BCUT2D eigenvalue weighted by molar-refractivity contribution is 0.0946. The van der Waals surface area contributed by atoms with Crippen LogP contribution < -0.4 is 19.5 Å². The Labute approximate surface area is 202 Å². The van der Waals surface area contributed by atoms with Crippen LogP contribution in [0.5, 0.6) is 17.2 Å². The maximum Gasteiger partial charge on any atom is 0.281 e. The van der Waals surface area contributed by atoms with Crippen molar-refractivity contribution in [3.63, 3.8) is 0 Å². The molecule has 1 heterocycles. The SMILES string of the molecule is COc1cc(C(=O)n2nc(-c3ccc(C)cc3)nc2NCc2ccc(F)cc2)cc(OC)c1OC. The number of aryl methyl sites for hydroxylation is 1. The predicted octanol–water partition coefficient (Wildman–Crippen LogP) is 4.72. The van der Waals surface area contributed by atoms with E-state index in [1.165, 1.54) is 38.1 Å². The molecular weight excluding hydrogens is 451 g/mol. The summed E-state index contributed by atoms with van der Waals surface area (Å²) in [5.74, 6) is 0.911. The van der Waals surface area contributed by atoms with Crippen molar-refractivity contribution in [1.29, 1.82) is 0 Å². The Morgan fingerprint density at radius 2 is 1.57 bits per heavy atom. The van der Waals surface area contributed by atoms with E-state index >= 15 is 0 Å². The molecule has 0 bridgehead atoms. The molecule has 8 nitrogen and oxygen atoms in total. The molecule has 0 aliphatic heterocycles. The van der Waals surface area contributed by atoms with Gasteiger partial charge in [0.15, 0.2) is 17.3 Å². The first-order chi connectivity index (χ1) is 16.9. The van der Waals surface area contributed by atoms with E-state index < -0.39 is 5.91 Å². The molecule has 4 rings (SSSR count). The number of hydrogen-bond donors (Lipinski definition) is 1. The standard InChI is InChI=1S/C26H25FN4O4/c1-16-5-9-18(10-6-16)24-29-26(28-15-17-7-11-20(27)12-8-17)31(30-24)25(32)19-13-21(33-2)23(35-4)22(14-19)34-3/h5-14H,15H2,1-4H3,(H,28,29,30). The third-order valence-electron chi connectivity index (χ3n) is 5.38. The highest BCUT2D eigenvalue weighted by molar-refractivity contribution is 5.98. The number of nitrogens with zero attached hydrogens (tertiary/aromatic N) is 3. The van der Waals surface area contributed by atoms with Gasteiger partial charge in [-0.2, -0.15) is 9.67 Å². The highest BCUT2D eigenvalue weighted by Crippen LogP contribution is 2.38. The number of hydrogen-bond acceptors (Lipinski definition) is 7. The number of rotatable bonds is 8. The molecule has 0 atom stereocenters. The quantitative estimate of drug-likeness (QED) is 0.394. The lowest BCUT2D eigenvalue weighted by Crippen LogP contribution is -2.18. The Morgan fingerprint density at radius 1 is 0.943 bits per heavy atom. The van der Waals surface area contributed by atoms with Crippen molar-refractivity contribution in [3.8, 4) is 28.6 Å². The van der Waals surface area contributed by atoms with Crippen molar-refractivity contribution < 1.29 is 23.4 Å². The molecule has 4 aromatic rings. The van der Waals surface area contributed by atoms with Gasteiger partial charge in [-0.15, -0.1) is 5.10 Å². The van der Waals surface area contributed by atoms with Gasteiger partial charge in [-0.3, -0.25) is 4.79 Å². The van der Waals surface area contributed by atoms with Crippen LogP contribution in [0.1, 0.15) is 21.5 Å². The number of halogens is 1. The fourth-order valence-corrected chi connectivity index (χ4v) is 3.50. The molecule has 0 aliphatic carbocycles. The van der Waals surface area contributed by atoms with Crippen LogP contribution in [-0.2, 0) is 6.54 Å². The summed E-state index contributed by atoms with van der Waals surface area (Å²) >= 11 is 0. The minimum absolute atomic E-state index is 0.239. The molecule has 1 aromatic heterocycles. The van der Waals surface area contributed by atoms with Crippen molar-refractivity contribution >= 4 is 11.9 Å². The summed E-state index contributed by atoms with van der Waals surface area (Å²) in [5.41, 5.74) is 2.94. The van der Waals surface area contributed by atoms with Gasteiger partial charge in [0, 0.05) is 17.7 Å². The zero-order valence-corrected chi connectivity index (χ0v) is 19.8. The van der Waals surface area contributed by atoms with Crippen molar-refractivity contribution in [3.05, 3.63) is 83.2 Å². The summed E-state index contributed by atoms with van der Waals surface area (Å²) in [4.78, 5) is 18.1. The van der Waals surface area contributed by atoms with Crippen LogP contribution >= 0.6 is 0 Å². The van der Waals surface area contributed by atoms with Crippen LogP contribution in [0.15, 0.2) is 60.7 Å². The zero-order chi connectivity index (χ0) is 24.9. The predicted molar refractivity (Wildman–Crippen MR) is 130 cm³/mol. The monoisotopic (exact) mass is 476 g/mol. The highest BCUT2D eigenvalue weighted by Gasteiger charge is 2.22. The number of methoxy groups -OCH3 is 3. The minimum Gasteiger partial charge on any atom is -0.493 e. The maximum absolute atomic E-state index is 13.6. The number of ether oxygens (including phenoxy) is 3. The topological polar surface area (TPSA) is 87.5 Å². The molecule has 9 heteroatoms. The molecule has 3 aromatic carbocycles. The zero-order valence-electron chi connectivity index (χ0n) is 19.8. The summed E-state index contributed by atoms with van der Waals surface area (Å²) < 4.78 is 30.6. The van der Waals surface area contributed by atoms with E-state index in [4.69, 9.17) is 14.2 Å². The van der Waals surface area contributed by atoms with Crippen LogP contribution in [0.4, 0.5) is 10.3 Å². The van der Waals surface area contributed by atoms with Crippen LogP contribution in [0.25, 0.3) is 11.4 Å². The van der Waals surface area contributed by atoms with Crippen molar-refractivity contribution in [2.24, 2.45) is 0 Å². The van der Waals surface area contributed by atoms with Gasteiger partial charge in [-0.25, -0.2) is 4.39 Å². The first-order valence-corrected chi connectivity index (χ1v) is 10.8. The molecule has 180 valence electrons. The molecule has 0 saturated carbocycles. The highest BCUT2D eigenvalue weighted by atomic mass is 19.1. The van der Waals surface area contributed by atoms with Crippen LogP contribution in [-0.4, -0.2) is 42.0 Å².